The maximum atomic E-state index is 12.8. The molecule has 0 unspecified atom stereocenters. The second-order valence-electron chi connectivity index (χ2n) is 5.22. The highest BCUT2D eigenvalue weighted by atomic mass is 32.2. The first-order valence-corrected chi connectivity index (χ1v) is 8.51. The number of H-pyrrole nitrogens is 1. The summed E-state index contributed by atoms with van der Waals surface area (Å²) in [7, 11) is 0. The van der Waals surface area contributed by atoms with Gasteiger partial charge in [0, 0.05) is 28.4 Å². The molecular weight excluding hydrogens is 327 g/mol. The van der Waals surface area contributed by atoms with Gasteiger partial charge in [0.2, 0.25) is 5.91 Å². The van der Waals surface area contributed by atoms with E-state index in [-0.39, 0.29) is 29.0 Å². The van der Waals surface area contributed by atoms with Gasteiger partial charge in [-0.15, -0.1) is 11.8 Å². The Morgan fingerprint density at radius 2 is 1.79 bits per heavy atom. The molecule has 0 spiro atoms. The number of nitrogens with one attached hydrogen (secondary N) is 2. The van der Waals surface area contributed by atoms with Crippen molar-refractivity contribution in [2.75, 3.05) is 16.8 Å². The van der Waals surface area contributed by atoms with Crippen molar-refractivity contribution in [2.45, 2.75) is 0 Å². The quantitative estimate of drug-likeness (QED) is 0.669. The predicted octanol–water partition coefficient (Wildman–Crippen LogP) is 3.86. The molecule has 1 heterocycles. The van der Waals surface area contributed by atoms with E-state index in [1.54, 1.807) is 6.20 Å². The summed E-state index contributed by atoms with van der Waals surface area (Å²) in [4.78, 5) is 27.2. The van der Waals surface area contributed by atoms with Crippen molar-refractivity contribution in [3.8, 4) is 0 Å². The van der Waals surface area contributed by atoms with Gasteiger partial charge in [-0.25, -0.2) is 4.39 Å². The van der Waals surface area contributed by atoms with Crippen LogP contribution in [-0.2, 0) is 4.79 Å². The number of halogens is 1. The number of carbonyl (C=O) groups is 2. The van der Waals surface area contributed by atoms with Crippen LogP contribution in [0.1, 0.15) is 10.4 Å². The van der Waals surface area contributed by atoms with E-state index < -0.39 is 0 Å². The molecule has 0 saturated carbocycles. The van der Waals surface area contributed by atoms with Crippen molar-refractivity contribution in [3.05, 3.63) is 66.1 Å². The number of benzene rings is 2. The minimum Gasteiger partial charge on any atom is -0.360 e. The molecule has 3 rings (SSSR count). The molecule has 1 amide bonds. The van der Waals surface area contributed by atoms with Crippen LogP contribution in [0.3, 0.4) is 0 Å². The Morgan fingerprint density at radius 1 is 1.04 bits per heavy atom. The van der Waals surface area contributed by atoms with Gasteiger partial charge in [-0.05, 0) is 30.3 Å². The van der Waals surface area contributed by atoms with Crippen molar-refractivity contribution >= 4 is 40.0 Å². The van der Waals surface area contributed by atoms with Gasteiger partial charge in [-0.3, -0.25) is 9.59 Å². The third kappa shape index (κ3) is 3.83. The second-order valence-corrected chi connectivity index (χ2v) is 6.20. The van der Waals surface area contributed by atoms with Gasteiger partial charge >= 0.3 is 0 Å². The molecule has 0 fully saturated rings. The third-order valence-electron chi connectivity index (χ3n) is 3.48. The Labute approximate surface area is 142 Å². The average Bonchev–Trinajstić information content (AvgIpc) is 3.01. The summed E-state index contributed by atoms with van der Waals surface area (Å²) in [5.74, 6) is -0.221. The van der Waals surface area contributed by atoms with Crippen molar-refractivity contribution < 1.29 is 14.0 Å². The summed E-state index contributed by atoms with van der Waals surface area (Å²) in [5, 5.41) is 3.55. The molecule has 4 nitrogen and oxygen atoms in total. The van der Waals surface area contributed by atoms with E-state index in [2.05, 4.69) is 10.3 Å². The van der Waals surface area contributed by atoms with Crippen LogP contribution in [0.25, 0.3) is 10.9 Å². The first kappa shape index (κ1) is 16.3. The third-order valence-corrected chi connectivity index (χ3v) is 4.42. The summed E-state index contributed by atoms with van der Waals surface area (Å²) in [6.07, 6.45) is 1.70. The lowest BCUT2D eigenvalue weighted by molar-refractivity contribution is -0.113. The van der Waals surface area contributed by atoms with E-state index in [1.807, 2.05) is 24.3 Å². The van der Waals surface area contributed by atoms with Crippen LogP contribution in [0.15, 0.2) is 54.7 Å². The molecule has 0 aliphatic rings. The van der Waals surface area contributed by atoms with E-state index in [0.717, 1.165) is 10.9 Å². The van der Waals surface area contributed by atoms with E-state index in [4.69, 9.17) is 0 Å². The van der Waals surface area contributed by atoms with Gasteiger partial charge in [-0.2, -0.15) is 0 Å². The summed E-state index contributed by atoms with van der Waals surface area (Å²) < 4.78 is 12.8. The van der Waals surface area contributed by atoms with E-state index >= 15 is 0 Å². The van der Waals surface area contributed by atoms with Crippen LogP contribution in [0.4, 0.5) is 10.1 Å². The molecule has 122 valence electrons. The van der Waals surface area contributed by atoms with Gasteiger partial charge in [0.1, 0.15) is 5.82 Å². The predicted molar refractivity (Wildman–Crippen MR) is 95.0 cm³/mol. The fourth-order valence-electron chi connectivity index (χ4n) is 2.35. The molecule has 6 heteroatoms. The molecular formula is C18H15FN2O2S. The topological polar surface area (TPSA) is 62.0 Å². The zero-order valence-electron chi connectivity index (χ0n) is 12.7. The SMILES string of the molecule is O=C(CSCC(=O)c1c[nH]c2ccccc12)Nc1ccc(F)cc1. The maximum Gasteiger partial charge on any atom is 0.234 e. The molecule has 24 heavy (non-hydrogen) atoms. The number of rotatable bonds is 6. The molecule has 0 radical (unpaired) electrons. The van der Waals surface area contributed by atoms with Crippen LogP contribution in [-0.4, -0.2) is 28.2 Å². The lowest BCUT2D eigenvalue weighted by Gasteiger charge is -2.05. The fourth-order valence-corrected chi connectivity index (χ4v) is 3.05. The van der Waals surface area contributed by atoms with Gasteiger partial charge in [0.05, 0.1) is 11.5 Å². The summed E-state index contributed by atoms with van der Waals surface area (Å²) in [6, 6.07) is 13.1. The smallest absolute Gasteiger partial charge is 0.234 e. The van der Waals surface area contributed by atoms with Gasteiger partial charge in [0.25, 0.3) is 0 Å². The summed E-state index contributed by atoms with van der Waals surface area (Å²) in [5.41, 5.74) is 2.09. The normalized spacial score (nSPS) is 10.7. The first-order chi connectivity index (χ1) is 11.6. The molecule has 2 N–H and O–H groups in total. The fraction of sp³-hybridized carbons (Fsp3) is 0.111. The molecule has 3 aromatic rings. The lowest BCUT2D eigenvalue weighted by atomic mass is 10.1. The molecule has 0 bridgehead atoms. The van der Waals surface area contributed by atoms with Gasteiger partial charge in [0.15, 0.2) is 5.78 Å². The zero-order valence-corrected chi connectivity index (χ0v) is 13.5. The monoisotopic (exact) mass is 342 g/mol. The second kappa shape index (κ2) is 7.31. The number of amides is 1. The number of aromatic nitrogens is 1. The van der Waals surface area contributed by atoms with Crippen molar-refractivity contribution in [2.24, 2.45) is 0 Å². The molecule has 0 aliphatic carbocycles. The van der Waals surface area contributed by atoms with Gasteiger partial charge < -0.3 is 10.3 Å². The van der Waals surface area contributed by atoms with E-state index in [9.17, 15) is 14.0 Å². The number of Topliss-reactive ketones (excluding diaryl/α,β-unsaturated/α-hetero) is 1. The lowest BCUT2D eigenvalue weighted by Crippen LogP contribution is -2.15. The number of ketones is 1. The Kier molecular flexibility index (Phi) is 4.96. The van der Waals surface area contributed by atoms with Crippen LogP contribution < -0.4 is 5.32 Å². The first-order valence-electron chi connectivity index (χ1n) is 7.36. The number of thioether (sulfide) groups is 1. The van der Waals surface area contributed by atoms with Crippen LogP contribution in [0, 0.1) is 5.82 Å². The Balaban J connectivity index is 1.51. The minimum atomic E-state index is -0.355. The number of hydrogen-bond donors (Lipinski definition) is 2. The van der Waals surface area contributed by atoms with Gasteiger partial charge in [-0.1, -0.05) is 18.2 Å². The van der Waals surface area contributed by atoms with Crippen LogP contribution >= 0.6 is 11.8 Å². The molecule has 0 aliphatic heterocycles. The maximum absolute atomic E-state index is 12.8. The molecule has 2 aromatic carbocycles. The van der Waals surface area contributed by atoms with E-state index in [0.29, 0.717) is 11.3 Å². The Hall–Kier alpha value is -2.60. The zero-order chi connectivity index (χ0) is 16.9. The summed E-state index contributed by atoms with van der Waals surface area (Å²) in [6.45, 7) is 0. The van der Waals surface area contributed by atoms with Crippen molar-refractivity contribution in [1.29, 1.82) is 0 Å². The molecule has 0 saturated heterocycles. The number of para-hydroxylation sites is 1. The van der Waals surface area contributed by atoms with Crippen molar-refractivity contribution in [3.63, 3.8) is 0 Å². The van der Waals surface area contributed by atoms with E-state index in [1.165, 1.54) is 36.0 Å². The van der Waals surface area contributed by atoms with Crippen molar-refractivity contribution in [1.82, 2.24) is 4.98 Å². The standard InChI is InChI=1S/C18H15FN2O2S/c19-12-5-7-13(8-6-12)21-18(23)11-24-10-17(22)15-9-20-16-4-2-1-3-14(15)16/h1-9,20H,10-11H2,(H,21,23). The minimum absolute atomic E-state index is 0.0213. The number of aromatic amines is 1. The van der Waals surface area contributed by atoms with Crippen LogP contribution in [0.2, 0.25) is 0 Å². The summed E-state index contributed by atoms with van der Waals surface area (Å²) >= 11 is 1.25. The Morgan fingerprint density at radius 3 is 2.58 bits per heavy atom. The Bertz CT molecular complexity index is 874. The molecule has 1 aromatic heterocycles. The van der Waals surface area contributed by atoms with Crippen LogP contribution in [0.5, 0.6) is 0 Å². The largest absolute Gasteiger partial charge is 0.360 e. The number of carbonyl (C=O) groups excluding carboxylic acids is 2. The number of hydrogen-bond acceptors (Lipinski definition) is 3. The highest BCUT2D eigenvalue weighted by molar-refractivity contribution is 8.00. The number of fused-ring (bicyclic) bond motifs is 1. The molecule has 0 atom stereocenters. The average molecular weight is 342 g/mol. The number of anilines is 1. The highest BCUT2D eigenvalue weighted by Crippen LogP contribution is 2.19. The highest BCUT2D eigenvalue weighted by Gasteiger charge is 2.12.